The normalized spacial score (nSPS) is 12.9. The molecule has 0 saturated carbocycles. The minimum Gasteiger partial charge on any atom is -0.445 e. The van der Waals surface area contributed by atoms with E-state index < -0.39 is 6.10 Å². The zero-order chi connectivity index (χ0) is 12.5. The number of rotatable bonds is 9. The molecule has 0 aliphatic heterocycles. The third-order valence-electron chi connectivity index (χ3n) is 2.28. The van der Waals surface area contributed by atoms with Crippen molar-refractivity contribution in [3.05, 3.63) is 17.8 Å². The Labute approximate surface area is 102 Å². The molecule has 2 N–H and O–H groups in total. The van der Waals surface area contributed by atoms with E-state index in [9.17, 15) is 5.11 Å². The van der Waals surface area contributed by atoms with Gasteiger partial charge in [0, 0.05) is 13.2 Å². The van der Waals surface area contributed by atoms with Crippen LogP contribution in [0.15, 0.2) is 10.6 Å². The summed E-state index contributed by atoms with van der Waals surface area (Å²) in [4.78, 5) is 4.06. The summed E-state index contributed by atoms with van der Waals surface area (Å²) in [7, 11) is 0. The number of aliphatic hydroxyl groups is 1. The number of aromatic nitrogens is 1. The van der Waals surface area contributed by atoms with Gasteiger partial charge < -0.3 is 19.6 Å². The minimum absolute atomic E-state index is 0.373. The molecule has 0 radical (unpaired) electrons. The molecule has 1 heterocycles. The quantitative estimate of drug-likeness (QED) is 0.638. The van der Waals surface area contributed by atoms with E-state index in [1.807, 2.05) is 6.92 Å². The highest BCUT2D eigenvalue weighted by molar-refractivity contribution is 4.90. The van der Waals surface area contributed by atoms with Crippen molar-refractivity contribution in [3.63, 3.8) is 0 Å². The number of aliphatic hydroxyl groups excluding tert-OH is 1. The molecule has 1 aromatic heterocycles. The van der Waals surface area contributed by atoms with Crippen LogP contribution in [0.5, 0.6) is 0 Å². The molecule has 0 aliphatic carbocycles. The van der Waals surface area contributed by atoms with Crippen molar-refractivity contribution >= 4 is 0 Å². The molecule has 1 unspecified atom stereocenters. The summed E-state index contributed by atoms with van der Waals surface area (Å²) in [5.74, 6) is 1.44. The van der Waals surface area contributed by atoms with Gasteiger partial charge in [0.15, 0.2) is 0 Å². The van der Waals surface area contributed by atoms with Crippen LogP contribution in [0, 0.1) is 6.92 Å². The van der Waals surface area contributed by atoms with Crippen LogP contribution in [-0.2, 0) is 11.3 Å². The predicted octanol–water partition coefficient (Wildman–Crippen LogP) is 1.25. The monoisotopic (exact) mass is 242 g/mol. The third kappa shape index (κ3) is 6.41. The number of hydrogen-bond acceptors (Lipinski definition) is 5. The smallest absolute Gasteiger partial charge is 0.208 e. The number of nitrogens with zero attached hydrogens (tertiary/aromatic N) is 1. The molecule has 0 fully saturated rings. The summed E-state index contributed by atoms with van der Waals surface area (Å²) in [6, 6.07) is 0. The zero-order valence-corrected chi connectivity index (χ0v) is 10.6. The molecule has 1 rings (SSSR count). The maximum atomic E-state index is 9.59. The lowest BCUT2D eigenvalue weighted by molar-refractivity contribution is 0.0355. The van der Waals surface area contributed by atoms with Crippen LogP contribution in [-0.4, -0.2) is 36.0 Å². The predicted molar refractivity (Wildman–Crippen MR) is 64.7 cm³/mol. The molecule has 5 heteroatoms. The number of oxazole rings is 1. The van der Waals surface area contributed by atoms with E-state index in [1.54, 1.807) is 6.20 Å². The highest BCUT2D eigenvalue weighted by Crippen LogP contribution is 2.00. The van der Waals surface area contributed by atoms with Crippen molar-refractivity contribution in [1.29, 1.82) is 0 Å². The lowest BCUT2D eigenvalue weighted by Crippen LogP contribution is -2.30. The van der Waals surface area contributed by atoms with E-state index in [0.29, 0.717) is 32.2 Å². The first-order valence-corrected chi connectivity index (χ1v) is 6.10. The Kier molecular flexibility index (Phi) is 6.84. The first kappa shape index (κ1) is 14.2. The van der Waals surface area contributed by atoms with Gasteiger partial charge in [0.05, 0.1) is 25.5 Å². The Balaban J connectivity index is 2.02. The minimum atomic E-state index is -0.483. The summed E-state index contributed by atoms with van der Waals surface area (Å²) in [5.41, 5.74) is 0. The summed E-state index contributed by atoms with van der Waals surface area (Å²) < 4.78 is 10.6. The second kappa shape index (κ2) is 8.22. The van der Waals surface area contributed by atoms with Gasteiger partial charge in [-0.25, -0.2) is 4.98 Å². The van der Waals surface area contributed by atoms with Crippen molar-refractivity contribution < 1.29 is 14.3 Å². The van der Waals surface area contributed by atoms with Crippen LogP contribution >= 0.6 is 0 Å². The Morgan fingerprint density at radius 3 is 3.06 bits per heavy atom. The summed E-state index contributed by atoms with van der Waals surface area (Å²) in [5, 5.41) is 12.7. The van der Waals surface area contributed by atoms with Gasteiger partial charge in [0.2, 0.25) is 5.89 Å². The molecule has 1 aromatic rings. The van der Waals surface area contributed by atoms with E-state index in [4.69, 9.17) is 9.15 Å². The van der Waals surface area contributed by atoms with Gasteiger partial charge in [-0.1, -0.05) is 13.3 Å². The second-order valence-corrected chi connectivity index (χ2v) is 4.08. The van der Waals surface area contributed by atoms with Crippen LogP contribution < -0.4 is 5.32 Å². The van der Waals surface area contributed by atoms with Crippen LogP contribution in [0.1, 0.15) is 31.4 Å². The van der Waals surface area contributed by atoms with Crippen LogP contribution in [0.25, 0.3) is 0 Å². The maximum absolute atomic E-state index is 9.59. The van der Waals surface area contributed by atoms with E-state index in [1.165, 1.54) is 0 Å². The molecule has 0 aliphatic rings. The van der Waals surface area contributed by atoms with Crippen molar-refractivity contribution in [2.45, 2.75) is 39.3 Å². The average Bonchev–Trinajstić information content (AvgIpc) is 2.71. The van der Waals surface area contributed by atoms with Gasteiger partial charge in [0.1, 0.15) is 5.76 Å². The number of hydrogen-bond donors (Lipinski definition) is 2. The fraction of sp³-hybridized carbons (Fsp3) is 0.750. The summed E-state index contributed by atoms with van der Waals surface area (Å²) in [6.45, 7) is 6.06. The summed E-state index contributed by atoms with van der Waals surface area (Å²) >= 11 is 0. The highest BCUT2D eigenvalue weighted by atomic mass is 16.5. The maximum Gasteiger partial charge on any atom is 0.208 e. The van der Waals surface area contributed by atoms with E-state index in [2.05, 4.69) is 17.2 Å². The molecule has 0 aromatic carbocycles. The molecule has 0 spiro atoms. The topological polar surface area (TPSA) is 67.5 Å². The molecule has 1 atom stereocenters. The van der Waals surface area contributed by atoms with Gasteiger partial charge in [-0.2, -0.15) is 0 Å². The van der Waals surface area contributed by atoms with Gasteiger partial charge in [0.25, 0.3) is 0 Å². The van der Waals surface area contributed by atoms with Crippen LogP contribution in [0.4, 0.5) is 0 Å². The Morgan fingerprint density at radius 2 is 2.41 bits per heavy atom. The Hall–Kier alpha value is -0.910. The van der Waals surface area contributed by atoms with Crippen molar-refractivity contribution in [1.82, 2.24) is 10.3 Å². The fourth-order valence-corrected chi connectivity index (χ4v) is 1.35. The molecule has 0 amide bonds. The van der Waals surface area contributed by atoms with Crippen LogP contribution in [0.3, 0.4) is 0 Å². The van der Waals surface area contributed by atoms with Crippen molar-refractivity contribution in [2.24, 2.45) is 0 Å². The zero-order valence-electron chi connectivity index (χ0n) is 10.6. The highest BCUT2D eigenvalue weighted by Gasteiger charge is 2.05. The number of aryl methyl sites for hydroxylation is 1. The first-order valence-electron chi connectivity index (χ1n) is 6.10. The van der Waals surface area contributed by atoms with Crippen molar-refractivity contribution in [3.8, 4) is 0 Å². The molecule has 5 nitrogen and oxygen atoms in total. The fourth-order valence-electron chi connectivity index (χ4n) is 1.35. The largest absolute Gasteiger partial charge is 0.445 e. The molecule has 0 saturated heterocycles. The molecule has 98 valence electrons. The molecule has 17 heavy (non-hydrogen) atoms. The first-order chi connectivity index (χ1) is 8.22. The molecule has 0 bridgehead atoms. The molecular weight excluding hydrogens is 220 g/mol. The number of nitrogens with one attached hydrogen (secondary N) is 1. The number of unbranched alkanes of at least 4 members (excludes halogenated alkanes) is 1. The van der Waals surface area contributed by atoms with Gasteiger partial charge >= 0.3 is 0 Å². The standard InChI is InChI=1S/C12H22N2O3/c1-3-4-5-16-9-11(15)7-13-8-12-14-6-10(2)17-12/h6,11,13,15H,3-5,7-9H2,1-2H3. The Morgan fingerprint density at radius 1 is 1.59 bits per heavy atom. The van der Waals surface area contributed by atoms with E-state index in [0.717, 1.165) is 18.6 Å². The number of ether oxygens (including phenoxy) is 1. The average molecular weight is 242 g/mol. The van der Waals surface area contributed by atoms with Crippen LogP contribution in [0.2, 0.25) is 0 Å². The lowest BCUT2D eigenvalue weighted by Gasteiger charge is -2.11. The van der Waals surface area contributed by atoms with Gasteiger partial charge in [-0.3, -0.25) is 0 Å². The van der Waals surface area contributed by atoms with E-state index in [-0.39, 0.29) is 0 Å². The second-order valence-electron chi connectivity index (χ2n) is 4.08. The SMILES string of the molecule is CCCCOCC(O)CNCc1ncc(C)o1. The third-order valence-corrected chi connectivity index (χ3v) is 2.28. The van der Waals surface area contributed by atoms with E-state index >= 15 is 0 Å². The summed E-state index contributed by atoms with van der Waals surface area (Å²) in [6.07, 6.45) is 3.34. The van der Waals surface area contributed by atoms with Gasteiger partial charge in [-0.15, -0.1) is 0 Å². The van der Waals surface area contributed by atoms with Gasteiger partial charge in [-0.05, 0) is 13.3 Å². The lowest BCUT2D eigenvalue weighted by atomic mass is 10.3. The Bertz CT molecular complexity index is 302. The molecular formula is C12H22N2O3. The van der Waals surface area contributed by atoms with Crippen molar-refractivity contribution in [2.75, 3.05) is 19.8 Å².